The van der Waals surface area contributed by atoms with Gasteiger partial charge in [-0.05, 0) is 20.3 Å². The quantitative estimate of drug-likeness (QED) is 0.752. The molecule has 4 nitrogen and oxygen atoms in total. The Balaban J connectivity index is 4.58. The Bertz CT molecular complexity index is 290. The summed E-state index contributed by atoms with van der Waals surface area (Å²) in [7, 11) is 0. The number of esters is 1. The summed E-state index contributed by atoms with van der Waals surface area (Å²) in [4.78, 5) is 22.3. The number of unbranched alkanes of at least 4 members (excludes halogenated alkanes) is 1. The summed E-state index contributed by atoms with van der Waals surface area (Å²) >= 11 is 0. The lowest BCUT2D eigenvalue weighted by Crippen LogP contribution is -2.47. The van der Waals surface area contributed by atoms with Crippen molar-refractivity contribution >= 4 is 11.9 Å². The minimum absolute atomic E-state index is 0.129. The number of amides is 1. The van der Waals surface area contributed by atoms with Crippen LogP contribution in [0.5, 0.6) is 0 Å². The number of carbonyl (C=O) groups is 2. The van der Waals surface area contributed by atoms with Crippen molar-refractivity contribution in [1.82, 2.24) is 5.32 Å². The van der Waals surface area contributed by atoms with Crippen LogP contribution in [0.2, 0.25) is 0 Å². The van der Waals surface area contributed by atoms with E-state index in [1.807, 2.05) is 6.92 Å². The minimum Gasteiger partial charge on any atom is -0.461 e. The van der Waals surface area contributed by atoms with Crippen molar-refractivity contribution in [3.05, 3.63) is 0 Å². The van der Waals surface area contributed by atoms with Gasteiger partial charge in [0.1, 0.15) is 6.04 Å². The Morgan fingerprint density at radius 1 is 1.28 bits per heavy atom. The Labute approximate surface area is 104 Å². The van der Waals surface area contributed by atoms with Gasteiger partial charge in [-0.15, -0.1) is 0 Å². The van der Waals surface area contributed by atoms with E-state index < -0.39 is 30.2 Å². The molecule has 0 aromatic rings. The maximum atomic E-state index is 12.1. The maximum Gasteiger partial charge on any atom is 0.471 e. The lowest BCUT2D eigenvalue weighted by atomic mass is 10.1. The van der Waals surface area contributed by atoms with E-state index in [2.05, 4.69) is 0 Å². The molecule has 0 fully saturated rings. The Hall–Kier alpha value is -1.27. The molecule has 1 N–H and O–H groups in total. The number of rotatable bonds is 6. The summed E-state index contributed by atoms with van der Waals surface area (Å²) in [5.41, 5.74) is 0. The van der Waals surface area contributed by atoms with Gasteiger partial charge in [-0.25, -0.2) is 4.79 Å². The molecular weight excluding hydrogens is 251 g/mol. The molecular formula is C11H18F3NO3. The van der Waals surface area contributed by atoms with E-state index in [1.54, 1.807) is 19.2 Å². The molecule has 0 radical (unpaired) electrons. The number of alkyl halides is 3. The van der Waals surface area contributed by atoms with E-state index in [-0.39, 0.29) is 6.42 Å². The van der Waals surface area contributed by atoms with Gasteiger partial charge < -0.3 is 10.1 Å². The van der Waals surface area contributed by atoms with Gasteiger partial charge in [0.25, 0.3) is 0 Å². The average molecular weight is 269 g/mol. The van der Waals surface area contributed by atoms with Crippen LogP contribution in [0.4, 0.5) is 13.2 Å². The van der Waals surface area contributed by atoms with Crippen LogP contribution in [-0.4, -0.2) is 30.2 Å². The largest absolute Gasteiger partial charge is 0.471 e. The molecule has 0 aliphatic carbocycles. The third-order valence-electron chi connectivity index (χ3n) is 2.05. The fraction of sp³-hybridized carbons (Fsp3) is 0.818. The van der Waals surface area contributed by atoms with Gasteiger partial charge >= 0.3 is 18.1 Å². The Kier molecular flexibility index (Phi) is 6.72. The number of carbonyl (C=O) groups excluding carboxylic acids is 2. The predicted molar refractivity (Wildman–Crippen MR) is 58.7 cm³/mol. The fourth-order valence-corrected chi connectivity index (χ4v) is 1.21. The standard InChI is InChI=1S/C11H18F3NO3/c1-4-5-6-8(9(16)18-7(2)3)15-10(17)11(12,13)14/h7-8H,4-6H2,1-3H3,(H,15,17)/t8-/m0/s1. The second kappa shape index (κ2) is 7.23. The van der Waals surface area contributed by atoms with Crippen LogP contribution in [-0.2, 0) is 14.3 Å². The van der Waals surface area contributed by atoms with Gasteiger partial charge in [-0.1, -0.05) is 19.8 Å². The molecule has 0 unspecified atom stereocenters. The summed E-state index contributed by atoms with van der Waals surface area (Å²) < 4.78 is 41.1. The first kappa shape index (κ1) is 16.7. The lowest BCUT2D eigenvalue weighted by Gasteiger charge is -2.19. The highest BCUT2D eigenvalue weighted by atomic mass is 19.4. The summed E-state index contributed by atoms with van der Waals surface area (Å²) in [5, 5.41) is 1.66. The van der Waals surface area contributed by atoms with Crippen molar-refractivity contribution in [2.45, 2.75) is 58.4 Å². The molecule has 1 atom stereocenters. The molecule has 0 saturated heterocycles. The zero-order valence-corrected chi connectivity index (χ0v) is 10.6. The number of halogens is 3. The van der Waals surface area contributed by atoms with Crippen LogP contribution < -0.4 is 5.32 Å². The first-order valence-corrected chi connectivity index (χ1v) is 5.76. The van der Waals surface area contributed by atoms with Crippen LogP contribution >= 0.6 is 0 Å². The summed E-state index contributed by atoms with van der Waals surface area (Å²) in [5.74, 6) is -2.96. The molecule has 0 bridgehead atoms. The van der Waals surface area contributed by atoms with E-state index in [9.17, 15) is 22.8 Å². The number of nitrogens with one attached hydrogen (secondary N) is 1. The van der Waals surface area contributed by atoms with Gasteiger partial charge in [0.05, 0.1) is 6.10 Å². The van der Waals surface area contributed by atoms with Gasteiger partial charge in [-0.2, -0.15) is 13.2 Å². The molecule has 0 aliphatic heterocycles. The average Bonchev–Trinajstić information content (AvgIpc) is 2.21. The zero-order valence-electron chi connectivity index (χ0n) is 10.6. The third kappa shape index (κ3) is 6.46. The molecule has 1 amide bonds. The van der Waals surface area contributed by atoms with Gasteiger partial charge in [0.2, 0.25) is 0 Å². The topological polar surface area (TPSA) is 55.4 Å². The molecule has 0 aliphatic rings. The van der Waals surface area contributed by atoms with Crippen LogP contribution in [0.15, 0.2) is 0 Å². The van der Waals surface area contributed by atoms with Crippen molar-refractivity contribution in [1.29, 1.82) is 0 Å². The van der Waals surface area contributed by atoms with Gasteiger partial charge in [0, 0.05) is 0 Å². The first-order valence-electron chi connectivity index (χ1n) is 5.76. The molecule has 7 heteroatoms. The smallest absolute Gasteiger partial charge is 0.461 e. The second-order valence-electron chi connectivity index (χ2n) is 4.15. The highest BCUT2D eigenvalue weighted by Crippen LogP contribution is 2.15. The molecule has 0 rings (SSSR count). The highest BCUT2D eigenvalue weighted by Gasteiger charge is 2.41. The summed E-state index contributed by atoms with van der Waals surface area (Å²) in [6.07, 6.45) is -4.08. The molecule has 0 saturated carbocycles. The fourth-order valence-electron chi connectivity index (χ4n) is 1.21. The summed E-state index contributed by atoms with van der Waals surface area (Å²) in [6, 6.07) is -1.25. The number of hydrogen-bond acceptors (Lipinski definition) is 3. The number of ether oxygens (including phenoxy) is 1. The van der Waals surface area contributed by atoms with Crippen LogP contribution in [0.25, 0.3) is 0 Å². The predicted octanol–water partition coefficient (Wildman–Crippen LogP) is 2.18. The SMILES string of the molecule is CCCC[C@H](NC(=O)C(F)(F)F)C(=O)OC(C)C. The maximum absolute atomic E-state index is 12.1. The second-order valence-corrected chi connectivity index (χ2v) is 4.15. The molecule has 0 aromatic carbocycles. The van der Waals surface area contributed by atoms with Crippen molar-refractivity contribution in [3.8, 4) is 0 Å². The third-order valence-corrected chi connectivity index (χ3v) is 2.05. The van der Waals surface area contributed by atoms with Gasteiger partial charge in [-0.3, -0.25) is 4.79 Å². The van der Waals surface area contributed by atoms with Crippen LogP contribution in [0.3, 0.4) is 0 Å². The minimum atomic E-state index is -5.00. The van der Waals surface area contributed by atoms with E-state index in [0.717, 1.165) is 0 Å². The molecule has 0 heterocycles. The molecule has 0 aromatic heterocycles. The zero-order chi connectivity index (χ0) is 14.3. The van der Waals surface area contributed by atoms with Crippen molar-refractivity contribution < 1.29 is 27.5 Å². The Morgan fingerprint density at radius 2 is 1.83 bits per heavy atom. The monoisotopic (exact) mass is 269 g/mol. The van der Waals surface area contributed by atoms with Crippen molar-refractivity contribution in [2.24, 2.45) is 0 Å². The first-order chi connectivity index (χ1) is 8.18. The number of hydrogen-bond donors (Lipinski definition) is 1. The van der Waals surface area contributed by atoms with E-state index in [1.165, 1.54) is 0 Å². The van der Waals surface area contributed by atoms with Gasteiger partial charge in [0.15, 0.2) is 0 Å². The highest BCUT2D eigenvalue weighted by molar-refractivity contribution is 5.87. The van der Waals surface area contributed by atoms with Crippen LogP contribution in [0.1, 0.15) is 40.0 Å². The normalized spacial score (nSPS) is 13.3. The molecule has 0 spiro atoms. The van der Waals surface area contributed by atoms with Crippen molar-refractivity contribution in [2.75, 3.05) is 0 Å². The van der Waals surface area contributed by atoms with Crippen LogP contribution in [0, 0.1) is 0 Å². The Morgan fingerprint density at radius 3 is 2.22 bits per heavy atom. The molecule has 106 valence electrons. The lowest BCUT2D eigenvalue weighted by molar-refractivity contribution is -0.176. The van der Waals surface area contributed by atoms with E-state index >= 15 is 0 Å². The summed E-state index contributed by atoms with van der Waals surface area (Å²) in [6.45, 7) is 5.00. The van der Waals surface area contributed by atoms with E-state index in [0.29, 0.717) is 12.8 Å². The molecule has 18 heavy (non-hydrogen) atoms. The van der Waals surface area contributed by atoms with Crippen molar-refractivity contribution in [3.63, 3.8) is 0 Å². The van der Waals surface area contributed by atoms with E-state index in [4.69, 9.17) is 4.74 Å².